The summed E-state index contributed by atoms with van der Waals surface area (Å²) in [5, 5.41) is 15.0. The summed E-state index contributed by atoms with van der Waals surface area (Å²) in [5.74, 6) is 0.475. The Kier molecular flexibility index (Phi) is 5.49. The zero-order valence-corrected chi connectivity index (χ0v) is 16.1. The van der Waals surface area contributed by atoms with Gasteiger partial charge in [-0.05, 0) is 23.8 Å². The van der Waals surface area contributed by atoms with E-state index in [9.17, 15) is 5.11 Å². The van der Waals surface area contributed by atoms with Crippen LogP contribution in [0.4, 0.5) is 5.95 Å². The first-order valence-corrected chi connectivity index (χ1v) is 9.34. The summed E-state index contributed by atoms with van der Waals surface area (Å²) >= 11 is 6.01. The lowest BCUT2D eigenvalue weighted by molar-refractivity contribution is 0.474. The van der Waals surface area contributed by atoms with Gasteiger partial charge in [0.1, 0.15) is 5.75 Å². The maximum atomic E-state index is 10.0. The summed E-state index contributed by atoms with van der Waals surface area (Å²) in [7, 11) is 0. The van der Waals surface area contributed by atoms with Gasteiger partial charge in [0.15, 0.2) is 0 Å². The molecule has 6 heteroatoms. The minimum absolute atomic E-state index is 0.0901. The van der Waals surface area contributed by atoms with E-state index in [0.29, 0.717) is 16.5 Å². The molecule has 0 bridgehead atoms. The van der Waals surface area contributed by atoms with Crippen molar-refractivity contribution in [3.05, 3.63) is 101 Å². The van der Waals surface area contributed by atoms with E-state index in [2.05, 4.69) is 15.1 Å². The molecule has 29 heavy (non-hydrogen) atoms. The van der Waals surface area contributed by atoms with E-state index in [1.807, 2.05) is 66.9 Å². The molecule has 0 atom stereocenters. The normalized spacial score (nSPS) is 11.5. The molecule has 4 aromatic rings. The van der Waals surface area contributed by atoms with Crippen LogP contribution in [0, 0.1) is 0 Å². The molecule has 0 saturated carbocycles. The van der Waals surface area contributed by atoms with Crippen LogP contribution in [0.5, 0.6) is 5.75 Å². The van der Waals surface area contributed by atoms with Gasteiger partial charge in [0.2, 0.25) is 0 Å². The monoisotopic (exact) mass is 400 g/mol. The van der Waals surface area contributed by atoms with Crippen LogP contribution in [0.3, 0.4) is 0 Å². The van der Waals surface area contributed by atoms with Crippen LogP contribution < -0.4 is 0 Å². The summed E-state index contributed by atoms with van der Waals surface area (Å²) < 4.78 is 1.60. The molecule has 0 radical (unpaired) electrons. The summed E-state index contributed by atoms with van der Waals surface area (Å²) in [4.78, 5) is 9.03. The van der Waals surface area contributed by atoms with Crippen LogP contribution in [-0.4, -0.2) is 27.2 Å². The summed E-state index contributed by atoms with van der Waals surface area (Å²) in [6.45, 7) is 0. The summed E-state index contributed by atoms with van der Waals surface area (Å²) in [6, 6.07) is 24.4. The average molecular weight is 401 g/mol. The number of phenolic OH excluding ortho intramolecular Hbond substituents is 1. The fraction of sp³-hybridized carbons (Fsp3) is 0. The van der Waals surface area contributed by atoms with Crippen LogP contribution >= 0.6 is 11.6 Å². The van der Waals surface area contributed by atoms with Gasteiger partial charge in [0.25, 0.3) is 5.95 Å². The Balaban J connectivity index is 1.72. The van der Waals surface area contributed by atoms with Crippen molar-refractivity contribution in [3.63, 3.8) is 0 Å². The number of halogens is 1. The van der Waals surface area contributed by atoms with Crippen LogP contribution in [0.15, 0.2) is 95.2 Å². The molecular formula is C23H17ClN4O. The third-order valence-corrected chi connectivity index (χ3v) is 4.41. The largest absolute Gasteiger partial charge is 0.507 e. The molecular weight excluding hydrogens is 384 g/mol. The number of hydrogen-bond donors (Lipinski definition) is 1. The Hall–Kier alpha value is -3.70. The standard InChI is InChI=1S/C23H17ClN4O/c24-20-11-12-22(29)19(13-20)15-25-23-27-21(18-9-5-2-6-10-18)16-28(23)26-14-17-7-3-1-4-8-17/h1-16,29H/b25-15+,26-14+. The Morgan fingerprint density at radius 2 is 1.62 bits per heavy atom. The molecule has 4 rings (SSSR count). The van der Waals surface area contributed by atoms with Crippen molar-refractivity contribution in [1.82, 2.24) is 9.66 Å². The molecule has 1 aromatic heterocycles. The molecule has 0 aliphatic rings. The number of hydrogen-bond acceptors (Lipinski definition) is 4. The fourth-order valence-electron chi connectivity index (χ4n) is 2.71. The molecule has 0 unspecified atom stereocenters. The van der Waals surface area contributed by atoms with Crippen molar-refractivity contribution in [2.45, 2.75) is 0 Å². The van der Waals surface area contributed by atoms with E-state index in [1.54, 1.807) is 23.0 Å². The Morgan fingerprint density at radius 1 is 0.897 bits per heavy atom. The fourth-order valence-corrected chi connectivity index (χ4v) is 2.89. The highest BCUT2D eigenvalue weighted by Gasteiger charge is 2.08. The van der Waals surface area contributed by atoms with Gasteiger partial charge in [-0.25, -0.2) is 14.7 Å². The first-order valence-electron chi connectivity index (χ1n) is 8.96. The van der Waals surface area contributed by atoms with Crippen molar-refractivity contribution in [1.29, 1.82) is 0 Å². The highest BCUT2D eigenvalue weighted by molar-refractivity contribution is 6.30. The summed E-state index contributed by atoms with van der Waals surface area (Å²) in [6.07, 6.45) is 5.08. The van der Waals surface area contributed by atoms with Crippen LogP contribution in [-0.2, 0) is 0 Å². The molecule has 3 aromatic carbocycles. The molecule has 0 aliphatic heterocycles. The topological polar surface area (TPSA) is 62.8 Å². The van der Waals surface area contributed by atoms with Gasteiger partial charge in [0, 0.05) is 22.4 Å². The Morgan fingerprint density at radius 3 is 2.38 bits per heavy atom. The SMILES string of the molecule is Oc1ccc(Cl)cc1/C=N/c1nc(-c2ccccc2)cn1/N=C/c1ccccc1. The second kappa shape index (κ2) is 8.54. The lowest BCUT2D eigenvalue weighted by atomic mass is 10.2. The smallest absolute Gasteiger partial charge is 0.251 e. The third kappa shape index (κ3) is 4.59. The van der Waals surface area contributed by atoms with Crippen molar-refractivity contribution in [2.24, 2.45) is 10.1 Å². The molecule has 0 amide bonds. The maximum Gasteiger partial charge on any atom is 0.251 e. The van der Waals surface area contributed by atoms with Crippen molar-refractivity contribution >= 4 is 30.0 Å². The van der Waals surface area contributed by atoms with Gasteiger partial charge in [-0.15, -0.1) is 0 Å². The number of aromatic nitrogens is 2. The highest BCUT2D eigenvalue weighted by Crippen LogP contribution is 2.24. The molecule has 5 nitrogen and oxygen atoms in total. The van der Waals surface area contributed by atoms with Gasteiger partial charge in [-0.3, -0.25) is 0 Å². The van der Waals surface area contributed by atoms with Gasteiger partial charge >= 0.3 is 0 Å². The predicted molar refractivity (Wildman–Crippen MR) is 117 cm³/mol. The van der Waals surface area contributed by atoms with Gasteiger partial charge in [-0.1, -0.05) is 72.3 Å². The van der Waals surface area contributed by atoms with E-state index >= 15 is 0 Å². The van der Waals surface area contributed by atoms with E-state index in [-0.39, 0.29) is 5.75 Å². The van der Waals surface area contributed by atoms with Crippen molar-refractivity contribution < 1.29 is 5.11 Å². The molecule has 0 fully saturated rings. The lowest BCUT2D eigenvalue weighted by Gasteiger charge is -1.99. The van der Waals surface area contributed by atoms with E-state index < -0.39 is 0 Å². The lowest BCUT2D eigenvalue weighted by Crippen LogP contribution is -1.90. The number of aliphatic imine (C=N–C) groups is 1. The van der Waals surface area contributed by atoms with Gasteiger partial charge in [-0.2, -0.15) is 5.10 Å². The zero-order chi connectivity index (χ0) is 20.1. The number of phenols is 1. The second-order valence-corrected chi connectivity index (χ2v) is 6.69. The van der Waals surface area contributed by atoms with Crippen molar-refractivity contribution in [3.8, 4) is 17.0 Å². The molecule has 142 valence electrons. The number of aromatic hydroxyl groups is 1. The minimum atomic E-state index is 0.0901. The Bertz CT molecular complexity index is 1170. The maximum absolute atomic E-state index is 10.0. The van der Waals surface area contributed by atoms with Crippen molar-refractivity contribution in [2.75, 3.05) is 0 Å². The quantitative estimate of drug-likeness (QED) is 0.447. The van der Waals surface area contributed by atoms with E-state index in [4.69, 9.17) is 11.6 Å². The van der Waals surface area contributed by atoms with Gasteiger partial charge in [0.05, 0.1) is 18.1 Å². The molecule has 1 N–H and O–H groups in total. The molecule has 1 heterocycles. The van der Waals surface area contributed by atoms with E-state index in [0.717, 1.165) is 16.8 Å². The average Bonchev–Trinajstić information content (AvgIpc) is 3.17. The molecule has 0 saturated heterocycles. The molecule has 0 aliphatic carbocycles. The first kappa shape index (κ1) is 18.7. The molecule has 0 spiro atoms. The summed E-state index contributed by atoms with van der Waals surface area (Å²) in [5.41, 5.74) is 3.17. The third-order valence-electron chi connectivity index (χ3n) is 4.18. The minimum Gasteiger partial charge on any atom is -0.507 e. The Labute approximate surface area is 173 Å². The number of nitrogens with zero attached hydrogens (tertiary/aromatic N) is 4. The van der Waals surface area contributed by atoms with Gasteiger partial charge < -0.3 is 5.11 Å². The number of benzene rings is 3. The van der Waals surface area contributed by atoms with Crippen LogP contribution in [0.1, 0.15) is 11.1 Å². The zero-order valence-electron chi connectivity index (χ0n) is 15.4. The number of rotatable bonds is 5. The number of imidazole rings is 1. The highest BCUT2D eigenvalue weighted by atomic mass is 35.5. The van der Waals surface area contributed by atoms with Crippen LogP contribution in [0.2, 0.25) is 5.02 Å². The first-order chi connectivity index (χ1) is 14.2. The second-order valence-electron chi connectivity index (χ2n) is 6.25. The predicted octanol–water partition coefficient (Wildman–Crippen LogP) is 5.54. The van der Waals surface area contributed by atoms with E-state index in [1.165, 1.54) is 12.3 Å². The van der Waals surface area contributed by atoms with Crippen LogP contribution in [0.25, 0.3) is 11.3 Å².